The van der Waals surface area contributed by atoms with E-state index in [1.54, 1.807) is 13.3 Å². The first-order valence-corrected chi connectivity index (χ1v) is 11.7. The van der Waals surface area contributed by atoms with Crippen molar-refractivity contribution in [1.29, 1.82) is 0 Å². The van der Waals surface area contributed by atoms with Crippen LogP contribution < -0.4 is 10.2 Å². The van der Waals surface area contributed by atoms with Crippen LogP contribution in [-0.4, -0.2) is 60.7 Å². The van der Waals surface area contributed by atoms with Crippen LogP contribution in [0.2, 0.25) is 0 Å². The van der Waals surface area contributed by atoms with Gasteiger partial charge >= 0.3 is 6.03 Å². The number of hydrogen-bond acceptors (Lipinski definition) is 4. The first-order valence-electron chi connectivity index (χ1n) is 11.2. The van der Waals surface area contributed by atoms with Gasteiger partial charge in [-0.25, -0.2) is 14.2 Å². The summed E-state index contributed by atoms with van der Waals surface area (Å²) in [5, 5.41) is 1.80. The van der Waals surface area contributed by atoms with E-state index in [9.17, 15) is 9.18 Å². The van der Waals surface area contributed by atoms with Gasteiger partial charge in [-0.05, 0) is 37.0 Å². The number of aromatic nitrogens is 1. The van der Waals surface area contributed by atoms with Crippen molar-refractivity contribution in [3.05, 3.63) is 42.1 Å². The second kappa shape index (κ2) is 7.96. The number of aryl methyl sites for hydroxylation is 1. The van der Waals surface area contributed by atoms with Gasteiger partial charge in [-0.3, -0.25) is 0 Å². The van der Waals surface area contributed by atoms with Crippen LogP contribution >= 0.6 is 9.24 Å². The molecule has 1 saturated carbocycles. The summed E-state index contributed by atoms with van der Waals surface area (Å²) < 4.78 is 20.0. The van der Waals surface area contributed by atoms with E-state index in [0.29, 0.717) is 30.6 Å². The van der Waals surface area contributed by atoms with Crippen LogP contribution in [0.1, 0.15) is 24.8 Å². The number of urea groups is 1. The smallest absolute Gasteiger partial charge is 0.322 e. The number of carbonyl (C=O) groups is 1. The minimum atomic E-state index is -1.34. The zero-order valence-electron chi connectivity index (χ0n) is 18.6. The molecule has 8 heteroatoms. The molecule has 1 aromatic carbocycles. The average molecular weight is 457 g/mol. The third kappa shape index (κ3) is 3.86. The standard InChI is InChI=1S/C24H30FN4O2P/c1-16-5-3-4-6-18(16)19-7-9-26-21(28-10-8-24(25,32)15-28)20(19)27-22(30)29-13-23(14-29)11-17(12-23)31-2/h3-7,9,17H,8,10-15,32H2,1-2H3,(H,27,30). The summed E-state index contributed by atoms with van der Waals surface area (Å²) in [5.74, 6) is 0.624. The second-order valence-corrected chi connectivity index (χ2v) is 10.7. The Morgan fingerprint density at radius 2 is 1.97 bits per heavy atom. The highest BCUT2D eigenvalue weighted by Gasteiger charge is 2.54. The van der Waals surface area contributed by atoms with Crippen LogP contribution in [-0.2, 0) is 4.74 Å². The number of ether oxygens (including phenoxy) is 1. The van der Waals surface area contributed by atoms with E-state index in [-0.39, 0.29) is 18.0 Å². The molecule has 1 aliphatic carbocycles. The molecule has 3 aliphatic rings. The summed E-state index contributed by atoms with van der Waals surface area (Å²) in [6.07, 6.45) is 4.50. The summed E-state index contributed by atoms with van der Waals surface area (Å²) in [6, 6.07) is 9.87. The Morgan fingerprint density at radius 1 is 1.22 bits per heavy atom. The van der Waals surface area contributed by atoms with E-state index in [1.807, 2.05) is 47.1 Å². The molecule has 2 amide bonds. The Morgan fingerprint density at radius 3 is 2.62 bits per heavy atom. The molecular formula is C24H30FN4O2P. The fourth-order valence-electron chi connectivity index (χ4n) is 5.31. The number of alkyl halides is 1. The van der Waals surface area contributed by atoms with Gasteiger partial charge in [-0.1, -0.05) is 33.5 Å². The predicted octanol–water partition coefficient (Wildman–Crippen LogP) is 4.45. The minimum absolute atomic E-state index is 0.128. The summed E-state index contributed by atoms with van der Waals surface area (Å²) in [4.78, 5) is 21.5. The van der Waals surface area contributed by atoms with E-state index in [0.717, 1.165) is 42.6 Å². The van der Waals surface area contributed by atoms with Crippen LogP contribution in [0.5, 0.6) is 0 Å². The Bertz CT molecular complexity index is 1030. The van der Waals surface area contributed by atoms with Crippen LogP contribution in [0.15, 0.2) is 36.5 Å². The fraction of sp³-hybridized carbons (Fsp3) is 0.500. The van der Waals surface area contributed by atoms with Gasteiger partial charge in [0.05, 0.1) is 18.3 Å². The molecule has 0 bridgehead atoms. The highest BCUT2D eigenvalue weighted by Crippen LogP contribution is 2.50. The molecule has 2 aliphatic heterocycles. The third-order valence-corrected chi connectivity index (χ3v) is 7.61. The number of methoxy groups -OCH3 is 1. The highest BCUT2D eigenvalue weighted by atomic mass is 31.0. The fourth-order valence-corrected chi connectivity index (χ4v) is 5.66. The second-order valence-electron chi connectivity index (χ2n) is 9.63. The number of rotatable bonds is 4. The van der Waals surface area contributed by atoms with Gasteiger partial charge in [-0.2, -0.15) is 0 Å². The van der Waals surface area contributed by atoms with Gasteiger partial charge in [0, 0.05) is 50.3 Å². The lowest BCUT2D eigenvalue weighted by molar-refractivity contribution is -0.123. The molecular weight excluding hydrogens is 426 g/mol. The molecule has 1 aromatic heterocycles. The lowest BCUT2D eigenvalue weighted by atomic mass is 9.62. The van der Waals surface area contributed by atoms with Gasteiger partial charge in [0.1, 0.15) is 5.41 Å². The molecule has 2 unspecified atom stereocenters. The molecule has 2 aromatic rings. The maximum Gasteiger partial charge on any atom is 0.322 e. The highest BCUT2D eigenvalue weighted by molar-refractivity contribution is 7.18. The summed E-state index contributed by atoms with van der Waals surface area (Å²) >= 11 is 0. The van der Waals surface area contributed by atoms with Crippen LogP contribution in [0, 0.1) is 12.3 Å². The maximum atomic E-state index is 14.6. The van der Waals surface area contributed by atoms with Gasteiger partial charge in [-0.15, -0.1) is 0 Å². The van der Waals surface area contributed by atoms with Crippen molar-refractivity contribution >= 4 is 26.8 Å². The van der Waals surface area contributed by atoms with Crippen molar-refractivity contribution in [3.8, 4) is 11.1 Å². The van der Waals surface area contributed by atoms with E-state index < -0.39 is 5.41 Å². The molecule has 6 nitrogen and oxygen atoms in total. The summed E-state index contributed by atoms with van der Waals surface area (Å²) in [5.41, 5.74) is 3.91. The van der Waals surface area contributed by atoms with Crippen molar-refractivity contribution in [2.45, 2.75) is 37.7 Å². The zero-order chi connectivity index (χ0) is 22.5. The Hall–Kier alpha value is -2.24. The molecule has 3 fully saturated rings. The SMILES string of the molecule is COC1CC2(C1)CN(C(=O)Nc1c(-c3ccccc3C)ccnc1N1CCC(F)(P)C1)C2. The number of hydrogen-bond donors (Lipinski definition) is 1. The number of nitrogens with one attached hydrogen (secondary N) is 1. The normalized spacial score (nSPS) is 24.4. The largest absolute Gasteiger partial charge is 0.381 e. The molecule has 1 N–H and O–H groups in total. The topological polar surface area (TPSA) is 57.7 Å². The number of carbonyl (C=O) groups excluding carboxylic acids is 1. The third-order valence-electron chi connectivity index (χ3n) is 7.14. The van der Waals surface area contributed by atoms with E-state index in [2.05, 4.69) is 19.5 Å². The average Bonchev–Trinajstić information content (AvgIpc) is 3.06. The van der Waals surface area contributed by atoms with Crippen molar-refractivity contribution in [2.24, 2.45) is 5.41 Å². The number of pyridine rings is 1. The first kappa shape index (κ1) is 21.6. The minimum Gasteiger partial charge on any atom is -0.381 e. The lowest BCUT2D eigenvalue weighted by Crippen LogP contribution is -2.65. The van der Waals surface area contributed by atoms with Crippen molar-refractivity contribution in [3.63, 3.8) is 0 Å². The Balaban J connectivity index is 1.43. The monoisotopic (exact) mass is 456 g/mol. The molecule has 1 spiro atoms. The number of likely N-dealkylation sites (tertiary alicyclic amines) is 1. The molecule has 2 saturated heterocycles. The molecule has 170 valence electrons. The van der Waals surface area contributed by atoms with E-state index >= 15 is 0 Å². The molecule has 5 rings (SSSR count). The van der Waals surface area contributed by atoms with E-state index in [4.69, 9.17) is 4.74 Å². The summed E-state index contributed by atoms with van der Waals surface area (Å²) in [6.45, 7) is 4.33. The van der Waals surface area contributed by atoms with Gasteiger partial charge < -0.3 is 19.9 Å². The van der Waals surface area contributed by atoms with Crippen molar-refractivity contribution < 1.29 is 13.9 Å². The van der Waals surface area contributed by atoms with Gasteiger partial charge in [0.2, 0.25) is 0 Å². The predicted molar refractivity (Wildman–Crippen MR) is 128 cm³/mol. The van der Waals surface area contributed by atoms with Gasteiger partial charge in [0.15, 0.2) is 5.82 Å². The van der Waals surface area contributed by atoms with Crippen molar-refractivity contribution in [2.75, 3.05) is 43.5 Å². The quantitative estimate of drug-likeness (QED) is 0.691. The zero-order valence-corrected chi connectivity index (χ0v) is 19.8. The number of nitrogens with zero attached hydrogens (tertiary/aromatic N) is 3. The van der Waals surface area contributed by atoms with Crippen molar-refractivity contribution in [1.82, 2.24) is 9.88 Å². The van der Waals surface area contributed by atoms with Gasteiger partial charge in [0.25, 0.3) is 0 Å². The Kier molecular flexibility index (Phi) is 5.37. The van der Waals surface area contributed by atoms with Crippen LogP contribution in [0.4, 0.5) is 20.7 Å². The van der Waals surface area contributed by atoms with Crippen LogP contribution in [0.25, 0.3) is 11.1 Å². The molecule has 32 heavy (non-hydrogen) atoms. The number of halogens is 1. The molecule has 3 heterocycles. The van der Waals surface area contributed by atoms with E-state index in [1.165, 1.54) is 0 Å². The molecule has 0 radical (unpaired) electrons. The van der Waals surface area contributed by atoms with Crippen LogP contribution in [0.3, 0.4) is 0 Å². The molecule has 2 atom stereocenters. The Labute approximate surface area is 190 Å². The summed E-state index contributed by atoms with van der Waals surface area (Å²) in [7, 11) is 4.06. The number of benzene rings is 1. The lowest BCUT2D eigenvalue weighted by Gasteiger charge is -2.58. The maximum absolute atomic E-state index is 14.6. The number of amides is 2. The first-order chi connectivity index (χ1) is 15.3. The number of anilines is 2.